The zero-order valence-electron chi connectivity index (χ0n) is 22.1. The Labute approximate surface area is 243 Å². The molecule has 0 saturated carbocycles. The number of nitrogens with zero attached hydrogens (tertiary/aromatic N) is 2. The predicted octanol–water partition coefficient (Wildman–Crippen LogP) is 5.17. The number of anilines is 1. The van der Waals surface area contributed by atoms with Gasteiger partial charge in [0, 0.05) is 18.1 Å². The molecule has 0 aromatic heterocycles. The molecule has 11 heteroatoms. The highest BCUT2D eigenvalue weighted by molar-refractivity contribution is 9.10. The molecule has 39 heavy (non-hydrogen) atoms. The Morgan fingerprint density at radius 1 is 1.05 bits per heavy atom. The Kier molecular flexibility index (Phi) is 10.4. The van der Waals surface area contributed by atoms with E-state index in [2.05, 4.69) is 21.2 Å². The van der Waals surface area contributed by atoms with Gasteiger partial charge in [0.05, 0.1) is 22.2 Å². The minimum Gasteiger partial charge on any atom is -0.496 e. The molecule has 0 bridgehead atoms. The topological polar surface area (TPSA) is 96.0 Å². The van der Waals surface area contributed by atoms with E-state index in [1.165, 1.54) is 30.2 Å². The van der Waals surface area contributed by atoms with E-state index in [-0.39, 0.29) is 17.3 Å². The second kappa shape index (κ2) is 13.3. The molecule has 0 heterocycles. The van der Waals surface area contributed by atoms with Crippen molar-refractivity contribution in [2.24, 2.45) is 0 Å². The van der Waals surface area contributed by atoms with Crippen molar-refractivity contribution in [2.75, 3.05) is 24.5 Å². The summed E-state index contributed by atoms with van der Waals surface area (Å²) >= 11 is 9.37. The smallest absolute Gasteiger partial charge is 0.264 e. The van der Waals surface area contributed by atoms with Crippen molar-refractivity contribution in [3.63, 3.8) is 0 Å². The Morgan fingerprint density at radius 2 is 1.69 bits per heavy atom. The van der Waals surface area contributed by atoms with E-state index < -0.39 is 28.5 Å². The van der Waals surface area contributed by atoms with E-state index in [0.717, 1.165) is 15.4 Å². The van der Waals surface area contributed by atoms with Crippen LogP contribution in [-0.2, 0) is 26.2 Å². The van der Waals surface area contributed by atoms with Crippen molar-refractivity contribution < 1.29 is 22.7 Å². The third-order valence-corrected chi connectivity index (χ3v) is 8.74. The summed E-state index contributed by atoms with van der Waals surface area (Å²) in [5.74, 6) is -0.416. The number of benzene rings is 3. The van der Waals surface area contributed by atoms with Crippen molar-refractivity contribution in [3.05, 3.63) is 87.4 Å². The zero-order chi connectivity index (χ0) is 28.7. The fourth-order valence-corrected chi connectivity index (χ4v) is 6.12. The summed E-state index contributed by atoms with van der Waals surface area (Å²) in [7, 11) is -2.71. The lowest BCUT2D eigenvalue weighted by molar-refractivity contribution is -0.139. The van der Waals surface area contributed by atoms with E-state index in [0.29, 0.717) is 27.5 Å². The van der Waals surface area contributed by atoms with Crippen molar-refractivity contribution in [3.8, 4) is 5.75 Å². The van der Waals surface area contributed by atoms with Gasteiger partial charge in [-0.05, 0) is 84.7 Å². The molecular weight excluding hydrogens is 606 g/mol. The van der Waals surface area contributed by atoms with E-state index in [4.69, 9.17) is 16.3 Å². The number of rotatable bonds is 11. The van der Waals surface area contributed by atoms with Crippen LogP contribution in [0.5, 0.6) is 5.75 Å². The monoisotopic (exact) mass is 635 g/mol. The molecule has 0 fully saturated rings. The van der Waals surface area contributed by atoms with Crippen LogP contribution < -0.4 is 14.4 Å². The molecule has 0 saturated heterocycles. The minimum atomic E-state index is -4.20. The quantitative estimate of drug-likeness (QED) is 0.314. The van der Waals surface area contributed by atoms with E-state index in [1.807, 2.05) is 6.92 Å². The highest BCUT2D eigenvalue weighted by Crippen LogP contribution is 2.31. The fraction of sp³-hybridized carbons (Fsp3) is 0.286. The van der Waals surface area contributed by atoms with Crippen LogP contribution in [0, 0.1) is 6.92 Å². The number of ether oxygens (including phenoxy) is 1. The van der Waals surface area contributed by atoms with Gasteiger partial charge in [-0.2, -0.15) is 0 Å². The minimum absolute atomic E-state index is 0.0235. The van der Waals surface area contributed by atoms with Gasteiger partial charge in [0.1, 0.15) is 18.3 Å². The average Bonchev–Trinajstić information content (AvgIpc) is 2.91. The third kappa shape index (κ3) is 7.52. The molecule has 3 aromatic carbocycles. The van der Waals surface area contributed by atoms with Crippen molar-refractivity contribution >= 4 is 55.1 Å². The zero-order valence-corrected chi connectivity index (χ0v) is 25.3. The van der Waals surface area contributed by atoms with Crippen LogP contribution in [0.3, 0.4) is 0 Å². The molecule has 0 radical (unpaired) electrons. The number of hydrogen-bond donors (Lipinski definition) is 1. The van der Waals surface area contributed by atoms with Gasteiger partial charge in [-0.15, -0.1) is 0 Å². The second-order valence-corrected chi connectivity index (χ2v) is 12.0. The first-order valence-electron chi connectivity index (χ1n) is 12.2. The molecule has 208 valence electrons. The Bertz CT molecular complexity index is 1420. The van der Waals surface area contributed by atoms with Gasteiger partial charge in [-0.25, -0.2) is 8.42 Å². The van der Waals surface area contributed by atoms with E-state index >= 15 is 0 Å². The number of amides is 2. The summed E-state index contributed by atoms with van der Waals surface area (Å²) < 4.78 is 34.6. The van der Waals surface area contributed by atoms with Crippen LogP contribution in [0.15, 0.2) is 76.1 Å². The molecule has 1 N–H and O–H groups in total. The first-order chi connectivity index (χ1) is 18.5. The maximum absolute atomic E-state index is 13.9. The molecular formula is C28H31BrClN3O5S. The fourth-order valence-electron chi connectivity index (χ4n) is 3.87. The van der Waals surface area contributed by atoms with Crippen molar-refractivity contribution in [1.29, 1.82) is 0 Å². The van der Waals surface area contributed by atoms with Gasteiger partial charge in [0.2, 0.25) is 11.8 Å². The third-order valence-electron chi connectivity index (χ3n) is 6.10. The number of aryl methyl sites for hydroxylation is 1. The number of halogens is 2. The molecule has 1 atom stereocenters. The highest BCUT2D eigenvalue weighted by atomic mass is 79.9. The number of carbonyl (C=O) groups excluding carboxylic acids is 2. The number of hydrogen-bond acceptors (Lipinski definition) is 5. The lowest BCUT2D eigenvalue weighted by Gasteiger charge is -2.32. The number of likely N-dealkylation sites (N-methyl/N-ethyl adjacent to an activating group) is 1. The van der Waals surface area contributed by atoms with Crippen LogP contribution in [0.4, 0.5) is 5.69 Å². The summed E-state index contributed by atoms with van der Waals surface area (Å²) in [5.41, 5.74) is 1.99. The maximum atomic E-state index is 13.9. The Balaban J connectivity index is 2.04. The molecule has 3 rings (SSSR count). The summed E-state index contributed by atoms with van der Waals surface area (Å²) in [6.07, 6.45) is 0. The second-order valence-electron chi connectivity index (χ2n) is 8.86. The Morgan fingerprint density at radius 3 is 2.26 bits per heavy atom. The van der Waals surface area contributed by atoms with E-state index in [9.17, 15) is 18.0 Å². The summed E-state index contributed by atoms with van der Waals surface area (Å²) in [4.78, 5) is 28.0. The molecule has 0 unspecified atom stereocenters. The standard InChI is InChI=1S/C28H31BrClN3O5S/c1-5-31-28(35)20(3)32(17-21-8-10-22(30)11-9-21)27(34)18-33(23-12-6-19(2)7-13-23)39(36,37)24-14-15-26(38-4)25(29)16-24/h6-16,20H,5,17-18H2,1-4H3,(H,31,35)/t20-/m1/s1. The number of sulfonamides is 1. The van der Waals surface area contributed by atoms with Crippen LogP contribution in [0.25, 0.3) is 0 Å². The van der Waals surface area contributed by atoms with E-state index in [1.54, 1.807) is 62.4 Å². The van der Waals surface area contributed by atoms with Gasteiger partial charge in [0.15, 0.2) is 0 Å². The molecule has 3 aromatic rings. The van der Waals surface area contributed by atoms with Crippen molar-refractivity contribution in [2.45, 2.75) is 38.3 Å². The number of nitrogens with one attached hydrogen (secondary N) is 1. The molecule has 0 aliphatic rings. The molecule has 2 amide bonds. The van der Waals surface area contributed by atoms with Crippen LogP contribution in [0.1, 0.15) is 25.0 Å². The Hall–Kier alpha value is -3.08. The predicted molar refractivity (Wildman–Crippen MR) is 157 cm³/mol. The van der Waals surface area contributed by atoms with Crippen LogP contribution >= 0.6 is 27.5 Å². The van der Waals surface area contributed by atoms with Gasteiger partial charge < -0.3 is 15.0 Å². The molecule has 8 nitrogen and oxygen atoms in total. The number of carbonyl (C=O) groups is 2. The highest BCUT2D eigenvalue weighted by Gasteiger charge is 2.32. The van der Waals surface area contributed by atoms with Crippen LogP contribution in [0.2, 0.25) is 5.02 Å². The average molecular weight is 637 g/mol. The SMILES string of the molecule is CCNC(=O)[C@@H](C)N(Cc1ccc(Cl)cc1)C(=O)CN(c1ccc(C)cc1)S(=O)(=O)c1ccc(OC)c(Br)c1. The summed E-state index contributed by atoms with van der Waals surface area (Å²) in [6, 6.07) is 17.3. The van der Waals surface area contributed by atoms with Gasteiger partial charge >= 0.3 is 0 Å². The summed E-state index contributed by atoms with van der Waals surface area (Å²) in [6.45, 7) is 5.24. The molecule has 0 aliphatic carbocycles. The maximum Gasteiger partial charge on any atom is 0.264 e. The first-order valence-corrected chi connectivity index (χ1v) is 14.8. The first kappa shape index (κ1) is 30.5. The van der Waals surface area contributed by atoms with Gasteiger partial charge in [-0.1, -0.05) is 41.4 Å². The molecule has 0 spiro atoms. The van der Waals surface area contributed by atoms with Crippen LogP contribution in [-0.4, -0.2) is 51.4 Å². The lowest BCUT2D eigenvalue weighted by atomic mass is 10.1. The molecule has 0 aliphatic heterocycles. The van der Waals surface area contributed by atoms with Gasteiger partial charge in [0.25, 0.3) is 10.0 Å². The largest absolute Gasteiger partial charge is 0.496 e. The normalized spacial score (nSPS) is 11.9. The number of methoxy groups -OCH3 is 1. The summed E-state index contributed by atoms with van der Waals surface area (Å²) in [5, 5.41) is 3.27. The van der Waals surface area contributed by atoms with Crippen molar-refractivity contribution in [1.82, 2.24) is 10.2 Å². The lowest BCUT2D eigenvalue weighted by Crippen LogP contribution is -2.51. The van der Waals surface area contributed by atoms with Gasteiger partial charge in [-0.3, -0.25) is 13.9 Å².